The van der Waals surface area contributed by atoms with Gasteiger partial charge in [-0.05, 0) is 80.0 Å². The van der Waals surface area contributed by atoms with Crippen molar-refractivity contribution in [3.63, 3.8) is 0 Å². The average molecular weight is 879 g/mol. The normalized spacial score (nSPS) is 21.2. The molecule has 1 saturated carbocycles. The molecule has 3 aromatic heterocycles. The fraction of sp³-hybridized carbons (Fsp3) is 0.385. The number of aryl methyl sites for hydroxylation is 1. The molecule has 0 bridgehead atoms. The third kappa shape index (κ3) is 7.90. The van der Waals surface area contributed by atoms with Crippen molar-refractivity contribution in [1.82, 2.24) is 35.2 Å². The fourth-order valence-electron chi connectivity index (χ4n) is 8.21. The van der Waals surface area contributed by atoms with Crippen LogP contribution in [0.3, 0.4) is 0 Å². The lowest BCUT2D eigenvalue weighted by atomic mass is 9.93. The molecular weight excluding hydrogens is 845 g/mol. The largest absolute Gasteiger partial charge is 0.435 e. The highest BCUT2D eigenvalue weighted by molar-refractivity contribution is 7.92. The maximum Gasteiger partial charge on any atom is 0.435 e. The van der Waals surface area contributed by atoms with Gasteiger partial charge in [-0.15, -0.1) is 0 Å². The lowest BCUT2D eigenvalue weighted by Gasteiger charge is -2.27. The van der Waals surface area contributed by atoms with Crippen molar-refractivity contribution >= 4 is 44.3 Å². The van der Waals surface area contributed by atoms with E-state index in [1.807, 2.05) is 0 Å². The molecule has 0 radical (unpaired) electrons. The number of fused-ring (bicyclic) bond motifs is 4. The van der Waals surface area contributed by atoms with Gasteiger partial charge in [0.2, 0.25) is 15.9 Å². The first-order chi connectivity index (χ1) is 28.1. The number of β-amino-alcohol motifs (C(OH)–C–C–N with tert-alkyl or cyclic N) is 1. The molecule has 4 heterocycles. The van der Waals surface area contributed by atoms with Crippen molar-refractivity contribution in [1.29, 1.82) is 0 Å². The Morgan fingerprint density at radius 1 is 1.12 bits per heavy atom. The number of sulfonamides is 1. The van der Waals surface area contributed by atoms with E-state index in [9.17, 15) is 40.3 Å². The summed E-state index contributed by atoms with van der Waals surface area (Å²) in [5.74, 6) is -3.58. The van der Waals surface area contributed by atoms with Crippen molar-refractivity contribution in [3.05, 3.63) is 93.0 Å². The van der Waals surface area contributed by atoms with Crippen molar-refractivity contribution in [2.24, 2.45) is 13.0 Å². The summed E-state index contributed by atoms with van der Waals surface area (Å²) in [5.41, 5.74) is -3.73. The van der Waals surface area contributed by atoms with Gasteiger partial charge in [-0.2, -0.15) is 32.1 Å². The van der Waals surface area contributed by atoms with Crippen LogP contribution in [0.25, 0.3) is 22.0 Å². The summed E-state index contributed by atoms with van der Waals surface area (Å²) in [6, 6.07) is 7.25. The summed E-state index contributed by atoms with van der Waals surface area (Å²) < 4.78 is 131. The minimum absolute atomic E-state index is 0.00277. The number of nitrogens with zero attached hydrogens (tertiary/aromatic N) is 5. The second kappa shape index (κ2) is 14.7. The van der Waals surface area contributed by atoms with Gasteiger partial charge in [0.25, 0.3) is 5.92 Å². The number of nitrogens with one attached hydrogen (secondary N) is 3. The first-order valence-electron chi connectivity index (χ1n) is 18.5. The lowest BCUT2D eigenvalue weighted by molar-refractivity contribution is -0.142. The predicted octanol–water partition coefficient (Wildman–Crippen LogP) is 5.93. The van der Waals surface area contributed by atoms with E-state index >= 15 is 8.78 Å². The molecular formula is C39H34ClF7N8O4S. The first kappa shape index (κ1) is 41.5. The molecule has 1 unspecified atom stereocenters. The number of piperidine rings is 1. The molecule has 5 aromatic rings. The minimum atomic E-state index is -5.09. The molecule has 3 aliphatic rings. The SMILES string of the molecule is Cn1nc(NS(C)(=O)=O)c2c(Cl)ccc(-c3ccc(C#CC4(O)CCCNC4)nc3[C@H](Cc3cc(F)cc(F)c3)NC(=O)Cn3nc(C(F)(F)F)c4c3C(F)(F)[C@@H]3C[C@H]43)c21. The molecule has 1 saturated heterocycles. The molecule has 2 aliphatic carbocycles. The minimum Gasteiger partial charge on any atom is -0.376 e. The number of anilines is 1. The quantitative estimate of drug-likeness (QED) is 0.105. The number of rotatable bonds is 9. The number of aromatic nitrogens is 5. The number of benzene rings is 2. The monoisotopic (exact) mass is 878 g/mol. The smallest absolute Gasteiger partial charge is 0.376 e. The predicted molar refractivity (Wildman–Crippen MR) is 204 cm³/mol. The molecule has 316 valence electrons. The number of carbonyl (C=O) groups excluding carboxylic acids is 1. The van der Waals surface area contributed by atoms with Crippen LogP contribution >= 0.6 is 11.6 Å². The van der Waals surface area contributed by atoms with Crippen LogP contribution in [0.5, 0.6) is 0 Å². The van der Waals surface area contributed by atoms with Crippen molar-refractivity contribution in [2.75, 3.05) is 24.1 Å². The Bertz CT molecular complexity index is 2740. The zero-order chi connectivity index (χ0) is 43.1. The Morgan fingerprint density at radius 2 is 1.83 bits per heavy atom. The van der Waals surface area contributed by atoms with Crippen molar-refractivity contribution in [2.45, 2.75) is 61.9 Å². The Balaban J connectivity index is 1.28. The molecule has 21 heteroatoms. The third-order valence-electron chi connectivity index (χ3n) is 10.7. The number of aliphatic hydroxyl groups is 1. The van der Waals surface area contributed by atoms with E-state index in [-0.39, 0.29) is 57.2 Å². The van der Waals surface area contributed by atoms with Crippen LogP contribution in [0, 0.1) is 29.4 Å². The maximum absolute atomic E-state index is 15.4. The van der Waals surface area contributed by atoms with Crippen LogP contribution in [-0.2, 0) is 46.9 Å². The van der Waals surface area contributed by atoms with Gasteiger partial charge in [0.15, 0.2) is 11.5 Å². The number of carbonyl (C=O) groups is 1. The second-order valence-electron chi connectivity index (χ2n) is 15.3. The number of halogens is 8. The third-order valence-corrected chi connectivity index (χ3v) is 11.6. The van der Waals surface area contributed by atoms with Crippen LogP contribution < -0.4 is 15.4 Å². The van der Waals surface area contributed by atoms with Gasteiger partial charge in [-0.1, -0.05) is 23.6 Å². The van der Waals surface area contributed by atoms with Gasteiger partial charge in [-0.25, -0.2) is 22.2 Å². The van der Waals surface area contributed by atoms with Crippen molar-refractivity contribution < 1.29 is 49.1 Å². The molecule has 4 N–H and O–H groups in total. The van der Waals surface area contributed by atoms with Gasteiger partial charge in [0.05, 0.1) is 33.9 Å². The highest BCUT2D eigenvalue weighted by Crippen LogP contribution is 2.68. The molecule has 2 aromatic carbocycles. The number of alkyl halides is 5. The van der Waals surface area contributed by atoms with Gasteiger partial charge in [-0.3, -0.25) is 18.9 Å². The Hall–Kier alpha value is -5.23. The summed E-state index contributed by atoms with van der Waals surface area (Å²) in [6.07, 6.45) is -3.75. The number of hydrogen-bond donors (Lipinski definition) is 4. The van der Waals surface area contributed by atoms with E-state index in [0.29, 0.717) is 35.7 Å². The summed E-state index contributed by atoms with van der Waals surface area (Å²) in [4.78, 5) is 18.8. The molecule has 4 atom stereocenters. The molecule has 2 fully saturated rings. The topological polar surface area (TPSA) is 156 Å². The summed E-state index contributed by atoms with van der Waals surface area (Å²) in [7, 11) is -2.35. The van der Waals surface area contributed by atoms with Crippen LogP contribution in [0.2, 0.25) is 5.02 Å². The molecule has 8 rings (SSSR count). The molecule has 0 spiro atoms. The lowest BCUT2D eigenvalue weighted by Crippen LogP contribution is -2.44. The van der Waals surface area contributed by atoms with E-state index in [2.05, 4.69) is 37.4 Å². The molecule has 60 heavy (non-hydrogen) atoms. The summed E-state index contributed by atoms with van der Waals surface area (Å²) in [6.45, 7) is -0.259. The fourth-order valence-corrected chi connectivity index (χ4v) is 8.94. The van der Waals surface area contributed by atoms with Gasteiger partial charge < -0.3 is 15.7 Å². The molecule has 12 nitrogen and oxygen atoms in total. The zero-order valence-electron chi connectivity index (χ0n) is 31.6. The highest BCUT2D eigenvalue weighted by Gasteiger charge is 2.68. The highest BCUT2D eigenvalue weighted by atomic mass is 35.5. The van der Waals surface area contributed by atoms with Gasteiger partial charge >= 0.3 is 6.18 Å². The van der Waals surface area contributed by atoms with Gasteiger partial charge in [0, 0.05) is 42.3 Å². The van der Waals surface area contributed by atoms with E-state index in [0.717, 1.165) is 18.4 Å². The van der Waals surface area contributed by atoms with E-state index in [1.54, 1.807) is 12.1 Å². The Morgan fingerprint density at radius 3 is 2.50 bits per heavy atom. The van der Waals surface area contributed by atoms with Crippen LogP contribution in [-0.4, -0.2) is 68.9 Å². The standard InChI is InChI=1S/C39H34ClF7N8O4S/c1-54-33-24(6-7-27(40)31(33)36(52-54)53-60(2,58)59)23-5-4-22(8-10-37(57)9-3-11-48-18-37)49-32(23)28(14-19-12-20(41)15-21(42)13-19)50-29(56)17-55-35-30(34(51-55)39(45,46)47)25-16-26(25)38(35,43)44/h4-7,12-13,15,25-26,28,48,57H,3,9,11,14,16-18H2,1-2H3,(H,50,56)(H,52,53)/t25-,26+,28-,37?/m0/s1. The summed E-state index contributed by atoms with van der Waals surface area (Å²) >= 11 is 6.59. The molecule has 1 aliphatic heterocycles. The van der Waals surface area contributed by atoms with E-state index in [4.69, 9.17) is 16.6 Å². The summed E-state index contributed by atoms with van der Waals surface area (Å²) in [5, 5.41) is 24.8. The Labute approximate surface area is 342 Å². The van der Waals surface area contributed by atoms with E-state index < -0.39 is 93.1 Å². The Kier molecular flexibility index (Phi) is 10.2. The van der Waals surface area contributed by atoms with Crippen molar-refractivity contribution in [3.8, 4) is 23.0 Å². The number of amides is 1. The number of pyridine rings is 1. The maximum atomic E-state index is 15.4. The van der Waals surface area contributed by atoms with Gasteiger partial charge in [0.1, 0.15) is 35.2 Å². The van der Waals surface area contributed by atoms with Crippen LogP contribution in [0.4, 0.5) is 36.6 Å². The average Bonchev–Trinajstić information content (AvgIpc) is 3.68. The zero-order valence-corrected chi connectivity index (χ0v) is 33.1. The van der Waals surface area contributed by atoms with Crippen LogP contribution in [0.15, 0.2) is 42.5 Å². The first-order valence-corrected chi connectivity index (χ1v) is 20.8. The van der Waals surface area contributed by atoms with Crippen LogP contribution in [0.1, 0.15) is 65.1 Å². The second-order valence-corrected chi connectivity index (χ2v) is 17.5. The molecule has 1 amide bonds. The number of hydrogen-bond acceptors (Lipinski definition) is 8. The van der Waals surface area contributed by atoms with E-state index in [1.165, 1.54) is 23.9 Å².